The Labute approximate surface area is 287 Å². The van der Waals surface area contributed by atoms with Gasteiger partial charge < -0.3 is 25.2 Å². The molecule has 4 N–H and O–H groups in total. The third kappa shape index (κ3) is 30.5. The predicted octanol–water partition coefficient (Wildman–Crippen LogP) is 8.05. The van der Waals surface area contributed by atoms with Gasteiger partial charge in [-0.1, -0.05) is 113 Å². The number of carboxylic acid groups (broad SMARTS) is 1. The maximum atomic E-state index is 12.5. The second-order valence-electron chi connectivity index (χ2n) is 11.3. The van der Waals surface area contributed by atoms with Crippen LogP contribution in [0, 0.1) is 0 Å². The Morgan fingerprint density at radius 2 is 1.17 bits per heavy atom. The van der Waals surface area contributed by atoms with Crippen LogP contribution >= 0.6 is 7.82 Å². The molecule has 0 fully saturated rings. The van der Waals surface area contributed by atoms with E-state index in [1.165, 1.54) is 19.3 Å². The quantitative estimate of drug-likeness (QED) is 0.0277. The number of aliphatic carboxylic acids is 1. The van der Waals surface area contributed by atoms with Gasteiger partial charge in [0.2, 0.25) is 0 Å². The van der Waals surface area contributed by atoms with Crippen LogP contribution in [0.1, 0.15) is 117 Å². The number of rotatable bonds is 31. The van der Waals surface area contributed by atoms with E-state index in [1.807, 2.05) is 12.2 Å². The minimum Gasteiger partial charge on any atom is -0.480 e. The van der Waals surface area contributed by atoms with Crippen molar-refractivity contribution in [3.05, 3.63) is 60.8 Å². The van der Waals surface area contributed by atoms with Crippen molar-refractivity contribution in [2.75, 3.05) is 19.8 Å². The number of carbonyl (C=O) groups excluding carboxylic acids is 2. The van der Waals surface area contributed by atoms with Gasteiger partial charge >= 0.3 is 25.7 Å². The number of nitrogens with two attached hydrogens (primary N) is 1. The molecule has 0 spiro atoms. The van der Waals surface area contributed by atoms with Crippen molar-refractivity contribution in [2.24, 2.45) is 5.73 Å². The van der Waals surface area contributed by atoms with Crippen molar-refractivity contribution in [3.8, 4) is 0 Å². The maximum Gasteiger partial charge on any atom is 0.472 e. The molecule has 3 unspecified atom stereocenters. The van der Waals surface area contributed by atoms with Crippen LogP contribution in [0.5, 0.6) is 0 Å². The summed E-state index contributed by atoms with van der Waals surface area (Å²) in [4.78, 5) is 45.4. The Bertz CT molecular complexity index is 1050. The molecule has 0 aromatic heterocycles. The number of carboxylic acids is 1. The fourth-order valence-corrected chi connectivity index (χ4v) is 4.82. The van der Waals surface area contributed by atoms with Gasteiger partial charge in [-0.3, -0.25) is 23.4 Å². The van der Waals surface area contributed by atoms with Crippen LogP contribution < -0.4 is 5.73 Å². The van der Waals surface area contributed by atoms with Crippen molar-refractivity contribution < 1.29 is 47.5 Å². The van der Waals surface area contributed by atoms with Crippen LogP contribution in [0.15, 0.2) is 60.8 Å². The van der Waals surface area contributed by atoms with Crippen LogP contribution in [0.25, 0.3) is 0 Å². The third-order valence-corrected chi connectivity index (χ3v) is 7.73. The topological polar surface area (TPSA) is 172 Å². The van der Waals surface area contributed by atoms with Crippen LogP contribution in [-0.2, 0) is 37.5 Å². The largest absolute Gasteiger partial charge is 0.480 e. The predicted molar refractivity (Wildman–Crippen MR) is 189 cm³/mol. The Kier molecular flexibility index (Phi) is 29.6. The molecular weight excluding hydrogens is 637 g/mol. The van der Waals surface area contributed by atoms with Crippen LogP contribution in [0.2, 0.25) is 0 Å². The number of phosphoric acid groups is 1. The Balaban J connectivity index is 4.57. The number of ether oxygens (including phenoxy) is 2. The molecule has 0 aromatic rings. The van der Waals surface area contributed by atoms with Gasteiger partial charge in [-0.25, -0.2) is 4.57 Å². The summed E-state index contributed by atoms with van der Waals surface area (Å²) in [5.74, 6) is -2.47. The van der Waals surface area contributed by atoms with E-state index in [2.05, 4.69) is 67.0 Å². The minimum absolute atomic E-state index is 0.0809. The maximum absolute atomic E-state index is 12.5. The lowest BCUT2D eigenvalue weighted by atomic mass is 10.1. The molecule has 0 aliphatic rings. The fourth-order valence-electron chi connectivity index (χ4n) is 4.04. The van der Waals surface area contributed by atoms with Gasteiger partial charge in [0.15, 0.2) is 6.10 Å². The van der Waals surface area contributed by atoms with Crippen LogP contribution in [0.3, 0.4) is 0 Å². The zero-order chi connectivity index (χ0) is 35.7. The SMILES string of the molecule is CC/C=C\C/C=C\C/C=C\C/C=C\C/C=C\CCCC(=O)OC(COC(=O)CCCCCCCCC)COP(=O)(O)OCC(N)C(=O)O. The van der Waals surface area contributed by atoms with Crippen molar-refractivity contribution in [3.63, 3.8) is 0 Å². The van der Waals surface area contributed by atoms with Gasteiger partial charge in [0.05, 0.1) is 13.2 Å². The summed E-state index contributed by atoms with van der Waals surface area (Å²) in [7, 11) is -4.72. The fraction of sp³-hybridized carbons (Fsp3) is 0.639. The number of carbonyl (C=O) groups is 3. The van der Waals surface area contributed by atoms with E-state index >= 15 is 0 Å². The van der Waals surface area contributed by atoms with Crippen molar-refractivity contribution in [2.45, 2.75) is 129 Å². The first-order chi connectivity index (χ1) is 23.1. The molecule has 0 radical (unpaired) electrons. The molecule has 274 valence electrons. The Morgan fingerprint density at radius 3 is 1.73 bits per heavy atom. The molecule has 0 saturated carbocycles. The summed E-state index contributed by atoms with van der Waals surface area (Å²) < 4.78 is 32.3. The summed E-state index contributed by atoms with van der Waals surface area (Å²) in [6.45, 7) is 2.53. The zero-order valence-electron chi connectivity index (χ0n) is 29.0. The number of phosphoric ester groups is 1. The minimum atomic E-state index is -4.72. The smallest absolute Gasteiger partial charge is 0.472 e. The van der Waals surface area contributed by atoms with Gasteiger partial charge in [-0.2, -0.15) is 0 Å². The highest BCUT2D eigenvalue weighted by atomic mass is 31.2. The average molecular weight is 698 g/mol. The van der Waals surface area contributed by atoms with Crippen LogP contribution in [0.4, 0.5) is 0 Å². The molecule has 48 heavy (non-hydrogen) atoms. The highest BCUT2D eigenvalue weighted by Gasteiger charge is 2.28. The molecule has 0 rings (SSSR count). The molecule has 0 heterocycles. The molecule has 3 atom stereocenters. The highest BCUT2D eigenvalue weighted by molar-refractivity contribution is 7.47. The van der Waals surface area contributed by atoms with E-state index in [1.54, 1.807) is 0 Å². The van der Waals surface area contributed by atoms with Crippen LogP contribution in [-0.4, -0.2) is 59.9 Å². The van der Waals surface area contributed by atoms with Gasteiger partial charge in [0.1, 0.15) is 12.6 Å². The molecular formula is C36H60NO10P. The number of allylic oxidation sites excluding steroid dienone is 10. The zero-order valence-corrected chi connectivity index (χ0v) is 29.9. The van der Waals surface area contributed by atoms with E-state index in [4.69, 9.17) is 24.8 Å². The summed E-state index contributed by atoms with van der Waals surface area (Å²) in [6, 6.07) is -1.53. The molecule has 12 heteroatoms. The molecule has 11 nitrogen and oxygen atoms in total. The first-order valence-corrected chi connectivity index (χ1v) is 18.8. The lowest BCUT2D eigenvalue weighted by Crippen LogP contribution is -2.34. The number of unbranched alkanes of at least 4 members (excludes halogenated alkanes) is 7. The molecule has 0 bridgehead atoms. The number of esters is 2. The lowest BCUT2D eigenvalue weighted by molar-refractivity contribution is -0.161. The summed E-state index contributed by atoms with van der Waals surface area (Å²) in [5.41, 5.74) is 5.29. The van der Waals surface area contributed by atoms with E-state index in [0.29, 0.717) is 19.3 Å². The van der Waals surface area contributed by atoms with Gasteiger partial charge in [-0.05, 0) is 51.4 Å². The van der Waals surface area contributed by atoms with E-state index < -0.39 is 51.1 Å². The summed E-state index contributed by atoms with van der Waals surface area (Å²) in [5, 5.41) is 8.82. The lowest BCUT2D eigenvalue weighted by Gasteiger charge is -2.20. The molecule has 0 saturated heterocycles. The second kappa shape index (κ2) is 31.4. The van der Waals surface area contributed by atoms with E-state index in [-0.39, 0.29) is 19.4 Å². The van der Waals surface area contributed by atoms with Gasteiger partial charge in [0, 0.05) is 12.8 Å². The van der Waals surface area contributed by atoms with Gasteiger partial charge in [0.25, 0.3) is 0 Å². The van der Waals surface area contributed by atoms with Crippen molar-refractivity contribution >= 4 is 25.7 Å². The summed E-state index contributed by atoms with van der Waals surface area (Å²) >= 11 is 0. The molecule has 0 amide bonds. The molecule has 0 aliphatic carbocycles. The number of hydrogen-bond donors (Lipinski definition) is 3. The molecule has 0 aliphatic heterocycles. The van der Waals surface area contributed by atoms with E-state index in [9.17, 15) is 23.8 Å². The number of hydrogen-bond acceptors (Lipinski definition) is 9. The third-order valence-electron chi connectivity index (χ3n) is 6.78. The first-order valence-electron chi connectivity index (χ1n) is 17.3. The van der Waals surface area contributed by atoms with Gasteiger partial charge in [-0.15, -0.1) is 0 Å². The highest BCUT2D eigenvalue weighted by Crippen LogP contribution is 2.43. The normalized spacial score (nSPS) is 14.8. The Hall–Kier alpha value is -2.82. The molecule has 0 aromatic carbocycles. The van der Waals surface area contributed by atoms with E-state index in [0.717, 1.165) is 51.4 Å². The summed E-state index contributed by atoms with van der Waals surface area (Å²) in [6.07, 6.45) is 33.3. The van der Waals surface area contributed by atoms with Crippen molar-refractivity contribution in [1.82, 2.24) is 0 Å². The second-order valence-corrected chi connectivity index (χ2v) is 12.7. The van der Waals surface area contributed by atoms with Crippen molar-refractivity contribution in [1.29, 1.82) is 0 Å². The monoisotopic (exact) mass is 697 g/mol. The Morgan fingerprint density at radius 1 is 0.667 bits per heavy atom. The first kappa shape index (κ1) is 45.2. The average Bonchev–Trinajstić information content (AvgIpc) is 3.05. The standard InChI is InChI=1S/C36H60NO10P/c1-3-5-7-9-11-12-13-14-15-16-17-18-19-20-22-24-26-28-35(39)47-32(30-45-48(42,43)46-31-33(37)36(40)41)29-44-34(38)27-25-23-21-10-8-6-4-2/h5,7,11-12,14-15,17-18,20,22,32-33H,3-4,6,8-10,13,16,19,21,23-31,37H2,1-2H3,(H,40,41)(H,42,43)/b7-5-,12-11-,15-14-,18-17-,22-20-.